The number of fused-ring (bicyclic) bond motifs is 1. The Labute approximate surface area is 216 Å². The molecule has 6 rings (SSSR count). The number of hydrogen-bond acceptors (Lipinski definition) is 7. The third-order valence-corrected chi connectivity index (χ3v) is 7.26. The van der Waals surface area contributed by atoms with Gasteiger partial charge in [0.05, 0.1) is 41.8 Å². The van der Waals surface area contributed by atoms with E-state index in [0.717, 1.165) is 17.4 Å². The Balaban J connectivity index is 1.52. The monoisotopic (exact) mass is 527 g/mol. The van der Waals surface area contributed by atoms with E-state index >= 15 is 0 Å². The summed E-state index contributed by atoms with van der Waals surface area (Å²) in [5.41, 5.74) is 2.87. The number of morpholine rings is 1. The molecule has 200 valence electrons. The Kier molecular flexibility index (Phi) is 6.33. The number of benzene rings is 1. The van der Waals surface area contributed by atoms with Gasteiger partial charge in [-0.3, -0.25) is 4.90 Å². The number of rotatable bonds is 6. The number of imidazole rings is 2. The topological polar surface area (TPSA) is 94.8 Å². The molecule has 3 aromatic heterocycles. The molecule has 0 unspecified atom stereocenters. The van der Waals surface area contributed by atoms with Crippen LogP contribution in [0, 0.1) is 6.92 Å². The first-order chi connectivity index (χ1) is 18.3. The number of H-pyrrole nitrogens is 1. The number of β-amino-alcohol motifs (C(OH)–C–C–N with tert-alkyl or cyclic N) is 1. The second-order valence-corrected chi connectivity index (χ2v) is 9.81. The molecule has 0 radical (unpaired) electrons. The van der Waals surface area contributed by atoms with Gasteiger partial charge in [0.15, 0.2) is 11.5 Å². The van der Waals surface area contributed by atoms with Crippen LogP contribution in [-0.4, -0.2) is 80.1 Å². The van der Waals surface area contributed by atoms with Crippen LogP contribution < -0.4 is 4.90 Å². The highest BCUT2D eigenvalue weighted by atomic mass is 19.4. The summed E-state index contributed by atoms with van der Waals surface area (Å²) < 4.78 is 48.3. The lowest BCUT2D eigenvalue weighted by Crippen LogP contribution is -2.50. The smallest absolute Gasteiger partial charge is 0.390 e. The van der Waals surface area contributed by atoms with Gasteiger partial charge in [0, 0.05) is 51.5 Å². The summed E-state index contributed by atoms with van der Waals surface area (Å²) in [7, 11) is 0. The van der Waals surface area contributed by atoms with Gasteiger partial charge in [0.2, 0.25) is 0 Å². The molecule has 4 aromatic rings. The molecule has 0 atom stereocenters. The van der Waals surface area contributed by atoms with E-state index in [-0.39, 0.29) is 18.1 Å². The maximum atomic E-state index is 13.7. The molecular weight excluding hydrogens is 499 g/mol. The minimum atomic E-state index is -4.44. The van der Waals surface area contributed by atoms with Crippen LogP contribution in [0.25, 0.3) is 17.0 Å². The molecule has 2 aliphatic rings. The Morgan fingerprint density at radius 2 is 1.97 bits per heavy atom. The van der Waals surface area contributed by atoms with Crippen molar-refractivity contribution in [3.05, 3.63) is 64.7 Å². The van der Waals surface area contributed by atoms with Crippen molar-refractivity contribution >= 4 is 11.5 Å². The summed E-state index contributed by atoms with van der Waals surface area (Å²) >= 11 is 0. The molecule has 2 aliphatic heterocycles. The minimum Gasteiger partial charge on any atom is -0.390 e. The summed E-state index contributed by atoms with van der Waals surface area (Å²) in [6.07, 6.45) is -1.20. The van der Waals surface area contributed by atoms with Gasteiger partial charge in [0.25, 0.3) is 0 Å². The summed E-state index contributed by atoms with van der Waals surface area (Å²) in [6, 6.07) is 6.23. The van der Waals surface area contributed by atoms with Crippen molar-refractivity contribution in [3.8, 4) is 11.4 Å². The molecule has 2 N–H and O–H groups in total. The van der Waals surface area contributed by atoms with Gasteiger partial charge in [-0.1, -0.05) is 12.1 Å². The predicted molar refractivity (Wildman–Crippen MR) is 134 cm³/mol. The molecule has 1 aromatic carbocycles. The normalized spacial score (nSPS) is 17.3. The van der Waals surface area contributed by atoms with Crippen LogP contribution in [-0.2, 0) is 23.9 Å². The number of aromatic nitrogens is 5. The lowest BCUT2D eigenvalue weighted by Gasteiger charge is -2.35. The average molecular weight is 528 g/mol. The third kappa shape index (κ3) is 4.63. The van der Waals surface area contributed by atoms with Crippen LogP contribution in [0.3, 0.4) is 0 Å². The highest BCUT2D eigenvalue weighted by Gasteiger charge is 2.33. The number of aliphatic hydroxyl groups excluding tert-OH is 1. The van der Waals surface area contributed by atoms with Gasteiger partial charge in [-0.05, 0) is 30.2 Å². The van der Waals surface area contributed by atoms with Crippen molar-refractivity contribution < 1.29 is 23.0 Å². The van der Waals surface area contributed by atoms with Gasteiger partial charge in [-0.2, -0.15) is 13.2 Å². The molecule has 0 spiro atoms. The minimum absolute atomic E-state index is 0.191. The molecule has 12 heteroatoms. The maximum Gasteiger partial charge on any atom is 0.416 e. The number of nitrogens with zero attached hydrogens (tertiary/aromatic N) is 6. The summed E-state index contributed by atoms with van der Waals surface area (Å²) in [6.45, 7) is 5.51. The van der Waals surface area contributed by atoms with Gasteiger partial charge >= 0.3 is 6.18 Å². The van der Waals surface area contributed by atoms with E-state index in [1.807, 2.05) is 6.07 Å². The molecule has 0 saturated carbocycles. The van der Waals surface area contributed by atoms with Crippen LogP contribution in [0.1, 0.15) is 28.1 Å². The zero-order valence-corrected chi connectivity index (χ0v) is 20.9. The number of ether oxygens (including phenoxy) is 1. The van der Waals surface area contributed by atoms with E-state index in [1.165, 1.54) is 13.0 Å². The zero-order chi connectivity index (χ0) is 26.4. The van der Waals surface area contributed by atoms with Crippen molar-refractivity contribution in [1.29, 1.82) is 0 Å². The Bertz CT molecular complexity index is 1440. The van der Waals surface area contributed by atoms with Crippen molar-refractivity contribution in [1.82, 2.24) is 29.5 Å². The standard InChI is InChI=1S/C26H28F3N7O2/c1-16-17(3-2-4-20(16)26(27,28)29)11-22-21(15-34-13-18(37)14-34)32-25-19(24-30-5-6-31-24)12-23(33-36(22)25)35-7-9-38-10-8-35/h2-6,12,18,37H,7-11,13-15H2,1H3,(H,30,31). The Hall–Kier alpha value is -3.48. The van der Waals surface area contributed by atoms with E-state index in [9.17, 15) is 18.3 Å². The predicted octanol–water partition coefficient (Wildman–Crippen LogP) is 3.05. The molecule has 0 aliphatic carbocycles. The third-order valence-electron chi connectivity index (χ3n) is 7.26. The summed E-state index contributed by atoms with van der Waals surface area (Å²) in [5.74, 6) is 1.35. The first kappa shape index (κ1) is 24.8. The number of anilines is 1. The van der Waals surface area contributed by atoms with Crippen LogP contribution in [0.2, 0.25) is 0 Å². The van der Waals surface area contributed by atoms with Gasteiger partial charge in [-0.25, -0.2) is 14.5 Å². The van der Waals surface area contributed by atoms with Crippen LogP contribution in [0.4, 0.5) is 19.0 Å². The maximum absolute atomic E-state index is 13.7. The fraction of sp³-hybridized carbons (Fsp3) is 0.423. The van der Waals surface area contributed by atoms with E-state index < -0.39 is 11.7 Å². The molecule has 0 amide bonds. The van der Waals surface area contributed by atoms with Crippen LogP contribution in [0.5, 0.6) is 0 Å². The number of aromatic amines is 1. The molecule has 2 fully saturated rings. The lowest BCUT2D eigenvalue weighted by atomic mass is 9.97. The van der Waals surface area contributed by atoms with Crippen molar-refractivity contribution in [3.63, 3.8) is 0 Å². The van der Waals surface area contributed by atoms with Gasteiger partial charge < -0.3 is 19.7 Å². The van der Waals surface area contributed by atoms with Crippen molar-refractivity contribution in [2.75, 3.05) is 44.3 Å². The first-order valence-corrected chi connectivity index (χ1v) is 12.6. The van der Waals surface area contributed by atoms with Gasteiger partial charge in [0.1, 0.15) is 5.82 Å². The molecule has 38 heavy (non-hydrogen) atoms. The second kappa shape index (κ2) is 9.68. The highest BCUT2D eigenvalue weighted by Crippen LogP contribution is 2.35. The number of nitrogens with one attached hydrogen (secondary N) is 1. The molecule has 9 nitrogen and oxygen atoms in total. The molecule has 0 bridgehead atoms. The van der Waals surface area contributed by atoms with E-state index in [2.05, 4.69) is 19.8 Å². The Morgan fingerprint density at radius 3 is 2.66 bits per heavy atom. The SMILES string of the molecule is Cc1c(Cc2c(CN3CC(O)C3)nc3c(-c4ncc[nH]4)cc(N4CCOCC4)nn23)cccc1C(F)(F)F. The molecule has 5 heterocycles. The van der Waals surface area contributed by atoms with Gasteiger partial charge in [-0.15, -0.1) is 5.10 Å². The van der Waals surface area contributed by atoms with E-state index in [1.54, 1.807) is 23.0 Å². The number of aliphatic hydroxyl groups is 1. The highest BCUT2D eigenvalue weighted by molar-refractivity contribution is 5.76. The second-order valence-electron chi connectivity index (χ2n) is 9.81. The fourth-order valence-corrected chi connectivity index (χ4v) is 5.18. The van der Waals surface area contributed by atoms with Crippen molar-refractivity contribution in [2.45, 2.75) is 32.2 Å². The fourth-order valence-electron chi connectivity index (χ4n) is 5.18. The first-order valence-electron chi connectivity index (χ1n) is 12.6. The molecule has 2 saturated heterocycles. The number of hydrogen-bond donors (Lipinski definition) is 2. The number of alkyl halides is 3. The number of likely N-dealkylation sites (tertiary alicyclic amines) is 1. The zero-order valence-electron chi connectivity index (χ0n) is 20.9. The molecular formula is C26H28F3N7O2. The lowest BCUT2D eigenvalue weighted by molar-refractivity contribution is -0.138. The van der Waals surface area contributed by atoms with Crippen LogP contribution >= 0.6 is 0 Å². The average Bonchev–Trinajstić information content (AvgIpc) is 3.52. The van der Waals surface area contributed by atoms with Crippen LogP contribution in [0.15, 0.2) is 36.7 Å². The summed E-state index contributed by atoms with van der Waals surface area (Å²) in [5, 5.41) is 14.8. The number of halogens is 3. The van der Waals surface area contributed by atoms with Crippen molar-refractivity contribution in [2.24, 2.45) is 0 Å². The van der Waals surface area contributed by atoms with E-state index in [0.29, 0.717) is 74.4 Å². The largest absolute Gasteiger partial charge is 0.416 e. The Morgan fingerprint density at radius 1 is 1.18 bits per heavy atom. The summed E-state index contributed by atoms with van der Waals surface area (Å²) in [4.78, 5) is 16.7. The van der Waals surface area contributed by atoms with E-state index in [4.69, 9.17) is 14.8 Å². The quantitative estimate of drug-likeness (QED) is 0.398.